The molecule has 0 aliphatic carbocycles. The normalized spacial score (nSPS) is 12.6. The molecule has 0 aliphatic rings. The molecule has 19 heavy (non-hydrogen) atoms. The number of rotatable bonds is 9. The van der Waals surface area contributed by atoms with E-state index in [1.165, 1.54) is 0 Å². The average molecular weight is 271 g/mol. The minimum atomic E-state index is -0.0200. The predicted octanol–water partition coefficient (Wildman–Crippen LogP) is 1.17. The van der Waals surface area contributed by atoms with Gasteiger partial charge in [-0.15, -0.1) is 0 Å². The Morgan fingerprint density at radius 2 is 1.53 bits per heavy atom. The summed E-state index contributed by atoms with van der Waals surface area (Å²) in [7, 11) is 0. The Morgan fingerprint density at radius 3 is 1.95 bits per heavy atom. The molecule has 4 N–H and O–H groups in total. The summed E-state index contributed by atoms with van der Waals surface area (Å²) in [6.07, 6.45) is 2.22. The van der Waals surface area contributed by atoms with Crippen molar-refractivity contribution in [1.29, 1.82) is 0 Å². The van der Waals surface area contributed by atoms with Gasteiger partial charge in [-0.25, -0.2) is 0 Å². The molecule has 0 rings (SSSR count). The number of nitrogens with two attached hydrogens (primary N) is 1. The summed E-state index contributed by atoms with van der Waals surface area (Å²) in [6, 6.07) is 0.186. The van der Waals surface area contributed by atoms with Gasteiger partial charge in [0.1, 0.15) is 0 Å². The predicted molar refractivity (Wildman–Crippen MR) is 77.6 cm³/mol. The Labute approximate surface area is 116 Å². The zero-order valence-corrected chi connectivity index (χ0v) is 12.7. The SMILES string of the molecule is CC(C)CC(CN)NC(=O)CCCC(=O)NC(C)C. The van der Waals surface area contributed by atoms with Gasteiger partial charge in [-0.05, 0) is 32.6 Å². The van der Waals surface area contributed by atoms with E-state index in [4.69, 9.17) is 5.73 Å². The minimum absolute atomic E-state index is 0.000329. The lowest BCUT2D eigenvalue weighted by atomic mass is 10.0. The van der Waals surface area contributed by atoms with E-state index >= 15 is 0 Å². The number of amides is 2. The Morgan fingerprint density at radius 1 is 1.00 bits per heavy atom. The molecule has 0 bridgehead atoms. The lowest BCUT2D eigenvalue weighted by molar-refractivity contribution is -0.123. The molecule has 0 saturated heterocycles. The van der Waals surface area contributed by atoms with E-state index in [1.807, 2.05) is 13.8 Å². The highest BCUT2D eigenvalue weighted by Gasteiger charge is 2.12. The molecule has 0 fully saturated rings. The summed E-state index contributed by atoms with van der Waals surface area (Å²) in [5, 5.41) is 5.72. The molecule has 0 aromatic heterocycles. The summed E-state index contributed by atoms with van der Waals surface area (Å²) < 4.78 is 0. The van der Waals surface area contributed by atoms with E-state index < -0.39 is 0 Å². The van der Waals surface area contributed by atoms with Gasteiger partial charge in [-0.1, -0.05) is 13.8 Å². The van der Waals surface area contributed by atoms with E-state index in [0.717, 1.165) is 6.42 Å². The van der Waals surface area contributed by atoms with Crippen LogP contribution in [0.15, 0.2) is 0 Å². The van der Waals surface area contributed by atoms with Gasteiger partial charge in [0.2, 0.25) is 11.8 Å². The van der Waals surface area contributed by atoms with Crippen LogP contribution in [0.4, 0.5) is 0 Å². The van der Waals surface area contributed by atoms with Gasteiger partial charge in [0.15, 0.2) is 0 Å². The quantitative estimate of drug-likeness (QED) is 0.588. The zero-order valence-electron chi connectivity index (χ0n) is 12.7. The molecule has 112 valence electrons. The van der Waals surface area contributed by atoms with Crippen LogP contribution >= 0.6 is 0 Å². The third-order valence-corrected chi connectivity index (χ3v) is 2.66. The van der Waals surface area contributed by atoms with E-state index in [2.05, 4.69) is 24.5 Å². The molecular formula is C14H29N3O2. The van der Waals surface area contributed by atoms with Crippen LogP contribution in [-0.4, -0.2) is 30.4 Å². The highest BCUT2D eigenvalue weighted by atomic mass is 16.2. The number of hydrogen-bond donors (Lipinski definition) is 3. The van der Waals surface area contributed by atoms with E-state index in [9.17, 15) is 9.59 Å². The summed E-state index contributed by atoms with van der Waals surface area (Å²) in [5.74, 6) is 0.486. The monoisotopic (exact) mass is 271 g/mol. The molecule has 0 heterocycles. The molecular weight excluding hydrogens is 242 g/mol. The zero-order chi connectivity index (χ0) is 14.8. The van der Waals surface area contributed by atoms with Crippen molar-refractivity contribution < 1.29 is 9.59 Å². The Hall–Kier alpha value is -1.10. The lowest BCUT2D eigenvalue weighted by Gasteiger charge is -2.18. The van der Waals surface area contributed by atoms with Gasteiger partial charge in [-0.2, -0.15) is 0 Å². The van der Waals surface area contributed by atoms with Crippen molar-refractivity contribution in [1.82, 2.24) is 10.6 Å². The average Bonchev–Trinajstić information content (AvgIpc) is 2.26. The van der Waals surface area contributed by atoms with Gasteiger partial charge in [-0.3, -0.25) is 9.59 Å². The second kappa shape index (κ2) is 9.78. The topological polar surface area (TPSA) is 84.2 Å². The first-order valence-corrected chi connectivity index (χ1v) is 7.14. The molecule has 0 spiro atoms. The van der Waals surface area contributed by atoms with Gasteiger partial charge in [0.25, 0.3) is 0 Å². The number of carbonyl (C=O) groups excluding carboxylic acids is 2. The molecule has 0 saturated carbocycles. The lowest BCUT2D eigenvalue weighted by Crippen LogP contribution is -2.41. The molecule has 0 aliphatic heterocycles. The molecule has 1 atom stereocenters. The Balaban J connectivity index is 3.82. The van der Waals surface area contributed by atoms with Gasteiger partial charge >= 0.3 is 0 Å². The molecule has 0 aromatic rings. The molecule has 2 amide bonds. The smallest absolute Gasteiger partial charge is 0.220 e. The first-order valence-electron chi connectivity index (χ1n) is 7.14. The maximum absolute atomic E-state index is 11.7. The van der Waals surface area contributed by atoms with Crippen LogP contribution in [0.3, 0.4) is 0 Å². The maximum atomic E-state index is 11.7. The summed E-state index contributed by atoms with van der Waals surface area (Å²) >= 11 is 0. The van der Waals surface area contributed by atoms with Crippen molar-refractivity contribution in [2.24, 2.45) is 11.7 Å². The van der Waals surface area contributed by atoms with Gasteiger partial charge < -0.3 is 16.4 Å². The third-order valence-electron chi connectivity index (χ3n) is 2.66. The van der Waals surface area contributed by atoms with Gasteiger partial charge in [0.05, 0.1) is 0 Å². The minimum Gasteiger partial charge on any atom is -0.354 e. The van der Waals surface area contributed by atoms with Crippen LogP contribution in [-0.2, 0) is 9.59 Å². The van der Waals surface area contributed by atoms with E-state index in [-0.39, 0.29) is 23.9 Å². The highest BCUT2D eigenvalue weighted by Crippen LogP contribution is 2.04. The molecule has 0 radical (unpaired) electrons. The van der Waals surface area contributed by atoms with Crippen molar-refractivity contribution in [3.8, 4) is 0 Å². The van der Waals surface area contributed by atoms with Crippen molar-refractivity contribution in [2.75, 3.05) is 6.54 Å². The Bertz CT molecular complexity index is 278. The third kappa shape index (κ3) is 10.5. The summed E-state index contributed by atoms with van der Waals surface area (Å²) in [6.45, 7) is 8.50. The highest BCUT2D eigenvalue weighted by molar-refractivity contribution is 5.79. The first kappa shape index (κ1) is 17.9. The van der Waals surface area contributed by atoms with E-state index in [1.54, 1.807) is 0 Å². The van der Waals surface area contributed by atoms with Gasteiger partial charge in [0, 0.05) is 31.5 Å². The fraction of sp³-hybridized carbons (Fsp3) is 0.857. The number of nitrogens with one attached hydrogen (secondary N) is 2. The summed E-state index contributed by atoms with van der Waals surface area (Å²) in [5.41, 5.74) is 5.62. The molecule has 0 aromatic carbocycles. The summed E-state index contributed by atoms with van der Waals surface area (Å²) in [4.78, 5) is 23.1. The molecule has 5 nitrogen and oxygen atoms in total. The van der Waals surface area contributed by atoms with Crippen LogP contribution in [0, 0.1) is 5.92 Å². The fourth-order valence-corrected chi connectivity index (χ4v) is 1.89. The fourth-order valence-electron chi connectivity index (χ4n) is 1.89. The van der Waals surface area contributed by atoms with Crippen molar-refractivity contribution in [2.45, 2.75) is 65.5 Å². The van der Waals surface area contributed by atoms with Crippen LogP contribution in [0.25, 0.3) is 0 Å². The molecule has 1 unspecified atom stereocenters. The van der Waals surface area contributed by atoms with Crippen molar-refractivity contribution >= 4 is 11.8 Å². The van der Waals surface area contributed by atoms with Crippen LogP contribution in [0.1, 0.15) is 53.4 Å². The largest absolute Gasteiger partial charge is 0.354 e. The molecule has 5 heteroatoms. The maximum Gasteiger partial charge on any atom is 0.220 e. The van der Waals surface area contributed by atoms with Crippen LogP contribution in [0.5, 0.6) is 0 Å². The second-order valence-corrected chi connectivity index (χ2v) is 5.71. The van der Waals surface area contributed by atoms with Crippen molar-refractivity contribution in [3.63, 3.8) is 0 Å². The number of carbonyl (C=O) groups is 2. The van der Waals surface area contributed by atoms with Crippen molar-refractivity contribution in [3.05, 3.63) is 0 Å². The van der Waals surface area contributed by atoms with E-state index in [0.29, 0.717) is 31.7 Å². The van der Waals surface area contributed by atoms with Crippen LogP contribution in [0.2, 0.25) is 0 Å². The first-order chi connectivity index (χ1) is 8.85. The van der Waals surface area contributed by atoms with Crippen LogP contribution < -0.4 is 16.4 Å². The number of hydrogen-bond acceptors (Lipinski definition) is 3. The standard InChI is InChI=1S/C14H29N3O2/c1-10(2)8-12(9-15)17-14(19)7-5-6-13(18)16-11(3)4/h10-12H,5-9,15H2,1-4H3,(H,16,18)(H,17,19). The second-order valence-electron chi connectivity index (χ2n) is 5.71. The Kier molecular flexibility index (Phi) is 9.21.